The van der Waals surface area contributed by atoms with E-state index < -0.39 is 18.1 Å². The second-order valence-electron chi connectivity index (χ2n) is 16.7. The summed E-state index contributed by atoms with van der Waals surface area (Å²) in [6.45, 7) is 4.46. The number of allylic oxidation sites excluding steroid dienone is 16. The fourth-order valence-electron chi connectivity index (χ4n) is 6.33. The van der Waals surface area contributed by atoms with Gasteiger partial charge >= 0.3 is 11.9 Å². The maximum atomic E-state index is 12.7. The molecule has 0 aliphatic heterocycles. The summed E-state index contributed by atoms with van der Waals surface area (Å²) < 4.78 is 17.1. The molecule has 346 valence electrons. The Bertz CT molecular complexity index is 1310. The SMILES string of the molecule is CC/C=C/C/C=C/C/C=C/C/C=C/C/C=C/CCCCCC(=O)OCC(COCCC(C(=O)[O-])[N+](C)(C)C)OC(=O)CCCCCCC/C=C/C=C/C=C/CCCCCCC. The summed E-state index contributed by atoms with van der Waals surface area (Å²) >= 11 is 0. The van der Waals surface area contributed by atoms with Gasteiger partial charge in [0.15, 0.2) is 6.10 Å². The van der Waals surface area contributed by atoms with Crippen LogP contribution in [0.3, 0.4) is 0 Å². The molecule has 0 saturated carbocycles. The summed E-state index contributed by atoms with van der Waals surface area (Å²) in [5.74, 6) is -1.82. The molecule has 0 bridgehead atoms. The van der Waals surface area contributed by atoms with Gasteiger partial charge in [0, 0.05) is 19.3 Å². The summed E-state index contributed by atoms with van der Waals surface area (Å²) in [6.07, 6.45) is 57.1. The minimum atomic E-state index is -1.14. The Labute approximate surface area is 373 Å². The molecular weight excluding hydrogens is 763 g/mol. The first-order chi connectivity index (χ1) is 29.6. The smallest absolute Gasteiger partial charge is 0.306 e. The highest BCUT2D eigenvalue weighted by atomic mass is 16.6. The summed E-state index contributed by atoms with van der Waals surface area (Å²) in [6, 6.07) is -0.741. The molecule has 0 spiro atoms. The number of hydrogen-bond donors (Lipinski definition) is 0. The monoisotopic (exact) mass is 850 g/mol. The van der Waals surface area contributed by atoms with E-state index in [0.717, 1.165) is 103 Å². The fourth-order valence-corrected chi connectivity index (χ4v) is 6.33. The highest BCUT2D eigenvalue weighted by Gasteiger charge is 2.25. The zero-order valence-electron chi connectivity index (χ0n) is 39.3. The van der Waals surface area contributed by atoms with Gasteiger partial charge in [-0.15, -0.1) is 0 Å². The van der Waals surface area contributed by atoms with E-state index in [1.54, 1.807) is 21.1 Å². The van der Waals surface area contributed by atoms with Crippen molar-refractivity contribution in [1.82, 2.24) is 0 Å². The predicted molar refractivity (Wildman–Crippen MR) is 254 cm³/mol. The molecule has 0 saturated heterocycles. The molecule has 61 heavy (non-hydrogen) atoms. The molecule has 2 atom stereocenters. The van der Waals surface area contributed by atoms with E-state index in [2.05, 4.69) is 111 Å². The Kier molecular flexibility index (Phi) is 40.3. The topological polar surface area (TPSA) is 102 Å². The van der Waals surface area contributed by atoms with Gasteiger partial charge in [0.25, 0.3) is 0 Å². The Morgan fingerprint density at radius 2 is 0.984 bits per heavy atom. The van der Waals surface area contributed by atoms with Crippen LogP contribution in [-0.2, 0) is 28.6 Å². The third-order valence-corrected chi connectivity index (χ3v) is 10.0. The highest BCUT2D eigenvalue weighted by molar-refractivity contribution is 5.70. The number of hydrogen-bond acceptors (Lipinski definition) is 7. The van der Waals surface area contributed by atoms with Crippen molar-refractivity contribution < 1.29 is 38.2 Å². The Balaban J connectivity index is 4.44. The van der Waals surface area contributed by atoms with Crippen LogP contribution in [0.2, 0.25) is 0 Å². The van der Waals surface area contributed by atoms with Crippen LogP contribution in [0.15, 0.2) is 97.2 Å². The molecule has 0 aromatic rings. The number of unbranched alkanes of at least 4 members (excludes halogenated alkanes) is 13. The van der Waals surface area contributed by atoms with Gasteiger partial charge in [-0.1, -0.05) is 162 Å². The molecule has 8 heteroatoms. The summed E-state index contributed by atoms with van der Waals surface area (Å²) in [5.41, 5.74) is 0. The largest absolute Gasteiger partial charge is 0.544 e. The zero-order valence-corrected chi connectivity index (χ0v) is 39.3. The van der Waals surface area contributed by atoms with Gasteiger partial charge in [-0.2, -0.15) is 0 Å². The van der Waals surface area contributed by atoms with Crippen molar-refractivity contribution in [2.24, 2.45) is 0 Å². The number of ether oxygens (including phenoxy) is 3. The Hall–Kier alpha value is -3.75. The third kappa shape index (κ3) is 41.4. The second-order valence-corrected chi connectivity index (χ2v) is 16.7. The minimum Gasteiger partial charge on any atom is -0.544 e. The van der Waals surface area contributed by atoms with Crippen LogP contribution in [0.5, 0.6) is 0 Å². The van der Waals surface area contributed by atoms with Gasteiger partial charge in [0.05, 0.1) is 40.3 Å². The van der Waals surface area contributed by atoms with Crippen LogP contribution in [0.25, 0.3) is 0 Å². The van der Waals surface area contributed by atoms with Crippen LogP contribution in [0.1, 0.15) is 168 Å². The molecule has 8 nitrogen and oxygen atoms in total. The van der Waals surface area contributed by atoms with Gasteiger partial charge < -0.3 is 28.6 Å². The van der Waals surface area contributed by atoms with E-state index >= 15 is 0 Å². The van der Waals surface area contributed by atoms with Gasteiger partial charge in [-0.3, -0.25) is 9.59 Å². The average molecular weight is 850 g/mol. The van der Waals surface area contributed by atoms with E-state index in [-0.39, 0.29) is 49.1 Å². The lowest BCUT2D eigenvalue weighted by Crippen LogP contribution is -2.55. The molecule has 0 aliphatic rings. The second kappa shape index (κ2) is 42.9. The molecule has 0 heterocycles. The standard InChI is InChI=1S/C53H87NO7/c1-6-8-10-12-14-16-18-20-22-24-26-28-29-31-33-35-37-39-41-43-51(55)60-48-49(47-59-46-45-50(53(57)58)54(3,4)5)61-52(56)44-42-40-38-36-34-32-30-27-25-23-21-19-17-15-13-11-9-7-2/h8,10,14,16,19-23,25-28,30-31,33,49-50H,6-7,9,11-13,15,17-18,24,29,32,34-48H2,1-5H3/b10-8+,16-14+,21-19+,22-20+,25-23+,28-26+,30-27+,33-31+. The first-order valence-electron chi connectivity index (χ1n) is 23.8. The first kappa shape index (κ1) is 57.2. The van der Waals surface area contributed by atoms with Crippen LogP contribution < -0.4 is 5.11 Å². The predicted octanol–water partition coefficient (Wildman–Crippen LogP) is 12.1. The highest BCUT2D eigenvalue weighted by Crippen LogP contribution is 2.12. The lowest BCUT2D eigenvalue weighted by atomic mass is 10.1. The van der Waals surface area contributed by atoms with Crippen molar-refractivity contribution in [2.45, 2.75) is 180 Å². The fraction of sp³-hybridized carbons (Fsp3) is 0.642. The zero-order chi connectivity index (χ0) is 44.9. The molecule has 0 fully saturated rings. The molecule has 0 rings (SSSR count). The van der Waals surface area contributed by atoms with Gasteiger partial charge in [0.2, 0.25) is 0 Å². The number of esters is 2. The number of carboxylic acids is 1. The Morgan fingerprint density at radius 1 is 0.525 bits per heavy atom. The lowest BCUT2D eigenvalue weighted by Gasteiger charge is -2.34. The number of carboxylic acid groups (broad SMARTS) is 1. The molecule has 0 radical (unpaired) electrons. The maximum Gasteiger partial charge on any atom is 0.306 e. The molecular formula is C53H87NO7. The van der Waals surface area contributed by atoms with E-state index in [1.165, 1.54) is 32.1 Å². The van der Waals surface area contributed by atoms with Crippen molar-refractivity contribution in [3.8, 4) is 0 Å². The lowest BCUT2D eigenvalue weighted by molar-refractivity contribution is -0.889. The van der Waals surface area contributed by atoms with Crippen LogP contribution >= 0.6 is 0 Å². The number of carbonyl (C=O) groups excluding carboxylic acids is 3. The summed E-state index contributed by atoms with van der Waals surface area (Å²) in [5, 5.41) is 11.6. The number of rotatable bonds is 41. The van der Waals surface area contributed by atoms with Gasteiger partial charge in [-0.25, -0.2) is 0 Å². The number of nitrogens with zero attached hydrogens (tertiary/aromatic N) is 1. The number of quaternary nitrogens is 1. The minimum absolute atomic E-state index is 0.0152. The van der Waals surface area contributed by atoms with Crippen molar-refractivity contribution in [1.29, 1.82) is 0 Å². The molecule has 0 aromatic carbocycles. The normalized spacial score (nSPS) is 13.8. The number of carbonyl (C=O) groups is 3. The van der Waals surface area contributed by atoms with Crippen molar-refractivity contribution in [2.75, 3.05) is 41.0 Å². The van der Waals surface area contributed by atoms with E-state index in [0.29, 0.717) is 6.42 Å². The number of likely N-dealkylation sites (N-methyl/N-ethyl adjacent to an activating group) is 1. The van der Waals surface area contributed by atoms with E-state index in [4.69, 9.17) is 14.2 Å². The summed E-state index contributed by atoms with van der Waals surface area (Å²) in [7, 11) is 5.38. The molecule has 0 N–H and O–H groups in total. The van der Waals surface area contributed by atoms with Crippen LogP contribution in [0, 0.1) is 0 Å². The van der Waals surface area contributed by atoms with Gasteiger partial charge in [0.1, 0.15) is 12.6 Å². The third-order valence-electron chi connectivity index (χ3n) is 10.0. The molecule has 0 aliphatic carbocycles. The maximum absolute atomic E-state index is 12.7. The first-order valence-corrected chi connectivity index (χ1v) is 23.8. The molecule has 0 amide bonds. The average Bonchev–Trinajstić information content (AvgIpc) is 3.22. The van der Waals surface area contributed by atoms with E-state index in [9.17, 15) is 19.5 Å². The van der Waals surface area contributed by atoms with Crippen molar-refractivity contribution >= 4 is 17.9 Å². The quantitative estimate of drug-likeness (QED) is 0.0198. The van der Waals surface area contributed by atoms with Crippen molar-refractivity contribution in [3.63, 3.8) is 0 Å². The van der Waals surface area contributed by atoms with Crippen molar-refractivity contribution in [3.05, 3.63) is 97.2 Å². The van der Waals surface area contributed by atoms with Gasteiger partial charge in [-0.05, 0) is 83.5 Å². The van der Waals surface area contributed by atoms with E-state index in [1.807, 2.05) is 0 Å². The summed E-state index contributed by atoms with van der Waals surface area (Å²) in [4.78, 5) is 36.9. The Morgan fingerprint density at radius 3 is 1.51 bits per heavy atom. The van der Waals surface area contributed by atoms with Crippen LogP contribution in [-0.4, -0.2) is 75.5 Å². The number of aliphatic carboxylic acids is 1. The molecule has 0 aromatic heterocycles. The van der Waals surface area contributed by atoms with Crippen LogP contribution in [0.4, 0.5) is 0 Å². The molecule has 2 unspecified atom stereocenters.